The zero-order valence-electron chi connectivity index (χ0n) is 16.4. The zero-order valence-corrected chi connectivity index (χ0v) is 16.4. The van der Waals surface area contributed by atoms with Gasteiger partial charge in [-0.25, -0.2) is 0 Å². The first kappa shape index (κ1) is 20.9. The summed E-state index contributed by atoms with van der Waals surface area (Å²) in [7, 11) is 0. The van der Waals surface area contributed by atoms with Gasteiger partial charge in [0.2, 0.25) is 0 Å². The second kappa shape index (κ2) is 6.34. The molecule has 2 aliphatic rings. The Kier molecular flexibility index (Phi) is 5.10. The van der Waals surface area contributed by atoms with Gasteiger partial charge in [0.05, 0.1) is 29.1 Å². The van der Waals surface area contributed by atoms with Crippen molar-refractivity contribution in [1.82, 2.24) is 0 Å². The van der Waals surface area contributed by atoms with Crippen LogP contribution in [0.1, 0.15) is 60.3 Å². The highest BCUT2D eigenvalue weighted by Gasteiger charge is 2.65. The summed E-state index contributed by atoms with van der Waals surface area (Å²) in [5, 5.41) is 30.3. The van der Waals surface area contributed by atoms with E-state index in [1.807, 2.05) is 20.8 Å². The number of aliphatic hydroxyl groups excluding tert-OH is 1. The number of hydrogen-bond donors (Lipinski definition) is 3. The molecule has 6 atom stereocenters. The third-order valence-corrected chi connectivity index (χ3v) is 6.93. The van der Waals surface area contributed by atoms with E-state index in [1.54, 1.807) is 19.9 Å². The summed E-state index contributed by atoms with van der Waals surface area (Å²) in [5.41, 5.74) is -3.45. The highest BCUT2D eigenvalue weighted by atomic mass is 16.5. The monoisotopic (exact) mass is 368 g/mol. The smallest absolute Gasteiger partial charge is 0.309 e. The van der Waals surface area contributed by atoms with E-state index in [1.165, 1.54) is 0 Å². The molecule has 1 heterocycles. The molecule has 0 aromatic heterocycles. The zero-order chi connectivity index (χ0) is 20.1. The first-order chi connectivity index (χ1) is 11.7. The van der Waals surface area contributed by atoms with Crippen molar-refractivity contribution in [1.29, 1.82) is 0 Å². The lowest BCUT2D eigenvalue weighted by Gasteiger charge is -2.63. The molecule has 6 nitrogen and oxygen atoms in total. The Morgan fingerprint density at radius 2 is 1.85 bits per heavy atom. The predicted octanol–water partition coefficient (Wildman–Crippen LogP) is 3.09. The maximum atomic E-state index is 11.9. The fraction of sp³-hybridized carbons (Fsp3) is 0.800. The van der Waals surface area contributed by atoms with Gasteiger partial charge in [0, 0.05) is 12.3 Å². The number of ether oxygens (including phenoxy) is 1. The minimum absolute atomic E-state index is 0.175. The molecule has 0 amide bonds. The number of hydrogen-bond acceptors (Lipinski definition) is 4. The van der Waals surface area contributed by atoms with E-state index in [0.29, 0.717) is 12.8 Å². The molecule has 3 N–H and O–H groups in total. The molecular formula is C20H32O6. The van der Waals surface area contributed by atoms with Gasteiger partial charge < -0.3 is 20.1 Å². The van der Waals surface area contributed by atoms with Crippen molar-refractivity contribution in [3.63, 3.8) is 0 Å². The van der Waals surface area contributed by atoms with Crippen molar-refractivity contribution in [3.05, 3.63) is 12.7 Å². The molecule has 26 heavy (non-hydrogen) atoms. The second-order valence-electron chi connectivity index (χ2n) is 9.38. The van der Waals surface area contributed by atoms with Gasteiger partial charge in [-0.1, -0.05) is 13.0 Å². The van der Waals surface area contributed by atoms with Gasteiger partial charge in [-0.05, 0) is 51.9 Å². The number of aliphatic hydroxyl groups is 1. The van der Waals surface area contributed by atoms with Gasteiger partial charge in [-0.3, -0.25) is 9.59 Å². The fourth-order valence-electron chi connectivity index (χ4n) is 5.93. The molecular weight excluding hydrogens is 336 g/mol. The van der Waals surface area contributed by atoms with Crippen molar-refractivity contribution < 1.29 is 29.6 Å². The van der Waals surface area contributed by atoms with Crippen LogP contribution in [0.25, 0.3) is 0 Å². The molecule has 6 heteroatoms. The largest absolute Gasteiger partial charge is 0.481 e. The van der Waals surface area contributed by atoms with E-state index < -0.39 is 46.0 Å². The Balaban J connectivity index is 2.58. The molecule has 1 saturated carbocycles. The average molecular weight is 368 g/mol. The van der Waals surface area contributed by atoms with Gasteiger partial charge in [0.15, 0.2) is 0 Å². The SMILES string of the molecule is C=C[C@@]1(C)CC[C@H]2[C@](C)(CC(=O)O)[C@@H](C(C)(C)C(=O)O)[C@H](O)C[C@]2(C)O1. The summed E-state index contributed by atoms with van der Waals surface area (Å²) in [6.07, 6.45) is 2.23. The number of carboxylic acid groups (broad SMARTS) is 2. The van der Waals surface area contributed by atoms with Crippen LogP contribution in [0.3, 0.4) is 0 Å². The molecule has 0 radical (unpaired) electrons. The Labute approximate surface area is 155 Å². The Bertz CT molecular complexity index is 613. The molecule has 0 spiro atoms. The topological polar surface area (TPSA) is 104 Å². The third kappa shape index (κ3) is 3.18. The van der Waals surface area contributed by atoms with Gasteiger partial charge in [-0.15, -0.1) is 6.58 Å². The standard InChI is InChI=1S/C20H32O6/c1-7-18(4)9-8-13-19(5,11-14(22)23)15(17(2,3)16(24)25)12(21)10-20(13,6)26-18/h7,12-13,15,21H,1,8-11H2,2-6H3,(H,22,23)(H,24,25)/t12-,13+,15-,18+,19+,20+/m1/s1. The Morgan fingerprint density at radius 3 is 2.31 bits per heavy atom. The normalized spacial score (nSPS) is 43.4. The van der Waals surface area contributed by atoms with Gasteiger partial charge in [-0.2, -0.15) is 0 Å². The average Bonchev–Trinajstić information content (AvgIpc) is 2.43. The quantitative estimate of drug-likeness (QED) is 0.644. The van der Waals surface area contributed by atoms with E-state index in [2.05, 4.69) is 6.58 Å². The van der Waals surface area contributed by atoms with Crippen molar-refractivity contribution in [2.45, 2.75) is 77.6 Å². The highest BCUT2D eigenvalue weighted by Crippen LogP contribution is 2.62. The lowest BCUT2D eigenvalue weighted by atomic mass is 9.46. The highest BCUT2D eigenvalue weighted by molar-refractivity contribution is 5.75. The summed E-state index contributed by atoms with van der Waals surface area (Å²) in [5.74, 6) is -2.90. The molecule has 1 aliphatic carbocycles. The van der Waals surface area contributed by atoms with Crippen LogP contribution in [-0.4, -0.2) is 44.6 Å². The van der Waals surface area contributed by atoms with Crippen LogP contribution in [0.5, 0.6) is 0 Å². The summed E-state index contributed by atoms with van der Waals surface area (Å²) < 4.78 is 6.37. The maximum absolute atomic E-state index is 11.9. The molecule has 0 bridgehead atoms. The van der Waals surface area contributed by atoms with Crippen molar-refractivity contribution in [3.8, 4) is 0 Å². The fourth-order valence-corrected chi connectivity index (χ4v) is 5.93. The lowest BCUT2D eigenvalue weighted by Crippen LogP contribution is -2.66. The molecule has 148 valence electrons. The van der Waals surface area contributed by atoms with Crippen LogP contribution in [0.2, 0.25) is 0 Å². The van der Waals surface area contributed by atoms with Crippen LogP contribution in [0.15, 0.2) is 12.7 Å². The third-order valence-electron chi connectivity index (χ3n) is 6.93. The Morgan fingerprint density at radius 1 is 1.27 bits per heavy atom. The van der Waals surface area contributed by atoms with E-state index in [4.69, 9.17) is 4.74 Å². The van der Waals surface area contributed by atoms with Crippen molar-refractivity contribution in [2.75, 3.05) is 0 Å². The first-order valence-electron chi connectivity index (χ1n) is 9.19. The first-order valence-corrected chi connectivity index (χ1v) is 9.19. The minimum atomic E-state index is -1.26. The number of carboxylic acids is 2. The van der Waals surface area contributed by atoms with E-state index in [-0.39, 0.29) is 18.8 Å². The van der Waals surface area contributed by atoms with Crippen LogP contribution in [0, 0.1) is 22.7 Å². The molecule has 0 aromatic rings. The van der Waals surface area contributed by atoms with E-state index >= 15 is 0 Å². The van der Waals surface area contributed by atoms with Crippen LogP contribution >= 0.6 is 0 Å². The lowest BCUT2D eigenvalue weighted by molar-refractivity contribution is -0.270. The molecule has 1 saturated heterocycles. The van der Waals surface area contributed by atoms with Crippen LogP contribution < -0.4 is 0 Å². The van der Waals surface area contributed by atoms with Gasteiger partial charge in [0.1, 0.15) is 0 Å². The summed E-state index contributed by atoms with van der Waals surface area (Å²) in [6, 6.07) is 0. The number of fused-ring (bicyclic) bond motifs is 1. The van der Waals surface area contributed by atoms with Gasteiger partial charge in [0.25, 0.3) is 0 Å². The molecule has 2 rings (SSSR count). The van der Waals surface area contributed by atoms with Crippen LogP contribution in [0.4, 0.5) is 0 Å². The number of rotatable bonds is 5. The van der Waals surface area contributed by atoms with Gasteiger partial charge >= 0.3 is 11.9 Å². The minimum Gasteiger partial charge on any atom is -0.481 e. The summed E-state index contributed by atoms with van der Waals surface area (Å²) >= 11 is 0. The number of aliphatic carboxylic acids is 2. The number of carbonyl (C=O) groups is 2. The second-order valence-corrected chi connectivity index (χ2v) is 9.38. The van der Waals surface area contributed by atoms with Crippen molar-refractivity contribution in [2.24, 2.45) is 22.7 Å². The molecule has 0 aromatic carbocycles. The molecule has 0 unspecified atom stereocenters. The summed E-state index contributed by atoms with van der Waals surface area (Å²) in [4.78, 5) is 23.6. The van der Waals surface area contributed by atoms with Crippen molar-refractivity contribution >= 4 is 11.9 Å². The summed E-state index contributed by atoms with van der Waals surface area (Å²) in [6.45, 7) is 12.6. The van der Waals surface area contributed by atoms with E-state index in [0.717, 1.165) is 0 Å². The van der Waals surface area contributed by atoms with Crippen LogP contribution in [-0.2, 0) is 14.3 Å². The maximum Gasteiger partial charge on any atom is 0.309 e. The Hall–Kier alpha value is -1.40. The molecule has 1 aliphatic heterocycles. The predicted molar refractivity (Wildman–Crippen MR) is 96.7 cm³/mol. The van der Waals surface area contributed by atoms with E-state index in [9.17, 15) is 24.9 Å². The molecule has 2 fully saturated rings.